The van der Waals surface area contributed by atoms with E-state index in [1.165, 1.54) is 6.07 Å². The first-order valence-corrected chi connectivity index (χ1v) is 4.17. The number of nitrogens with zero attached hydrogens (tertiary/aromatic N) is 2. The Bertz CT molecular complexity index is 370. The maximum absolute atomic E-state index is 9.75. The van der Waals surface area contributed by atoms with Crippen LogP contribution in [-0.4, -0.2) is 7.25 Å². The summed E-state index contributed by atoms with van der Waals surface area (Å²) in [4.78, 5) is 2.91. The molecule has 0 aliphatic rings. The van der Waals surface area contributed by atoms with Crippen molar-refractivity contribution in [1.82, 2.24) is 0 Å². The van der Waals surface area contributed by atoms with E-state index in [-0.39, 0.29) is 5.69 Å². The van der Waals surface area contributed by atoms with Crippen molar-refractivity contribution in [2.45, 2.75) is 0 Å². The smallest absolute Gasteiger partial charge is 0.418 e. The van der Waals surface area contributed by atoms with Crippen molar-refractivity contribution in [3.05, 3.63) is 33.2 Å². The van der Waals surface area contributed by atoms with Gasteiger partial charge in [0, 0.05) is 5.02 Å². The van der Waals surface area contributed by atoms with Crippen LogP contribution >= 0.6 is 23.2 Å². The lowest BCUT2D eigenvalue weighted by Gasteiger charge is -1.94. The highest BCUT2D eigenvalue weighted by Crippen LogP contribution is 2.27. The number of rotatable bonds is 0. The first-order chi connectivity index (χ1) is 6.74. The monoisotopic (exact) mass is 260 g/mol. The number of diazo groups is 1. The Balaban J connectivity index is 0.000000336. The maximum atomic E-state index is 9.75. The first-order valence-electron chi connectivity index (χ1n) is 3.41. The third-order valence-corrected chi connectivity index (χ3v) is 1.57. The van der Waals surface area contributed by atoms with Gasteiger partial charge in [0.15, 0.2) is 4.98 Å². The van der Waals surface area contributed by atoms with E-state index in [4.69, 9.17) is 28.6 Å². The summed E-state index contributed by atoms with van der Waals surface area (Å²) in [5.74, 6) is 0. The Kier molecular flexibility index (Phi) is 5.40. The topological polar surface area (TPSA) is 28.1 Å². The lowest BCUT2D eigenvalue weighted by Crippen LogP contribution is -2.02. The normalized spacial score (nSPS) is 9.93. The number of benzene rings is 1. The molecule has 0 spiro atoms. The van der Waals surface area contributed by atoms with Crippen LogP contribution in [0, 0.1) is 5.39 Å². The second kappa shape index (κ2) is 5.78. The molecule has 0 heterocycles. The minimum atomic E-state index is -6.00. The summed E-state index contributed by atoms with van der Waals surface area (Å²) in [7, 11) is -6.00. The SMILES string of the molecule is F[B-](F)(F)F.N#[N+]c1cc(Cl)ccc1Cl. The fourth-order valence-electron chi connectivity index (χ4n) is 0.562. The van der Waals surface area contributed by atoms with E-state index in [0.29, 0.717) is 10.0 Å². The predicted octanol–water partition coefficient (Wildman–Crippen LogP) is 4.78. The van der Waals surface area contributed by atoms with Crippen LogP contribution in [0.4, 0.5) is 23.0 Å². The average molecular weight is 261 g/mol. The highest BCUT2D eigenvalue weighted by molar-refractivity contribution is 6.50. The van der Waals surface area contributed by atoms with Crippen LogP contribution in [0.15, 0.2) is 18.2 Å². The summed E-state index contributed by atoms with van der Waals surface area (Å²) in [6, 6.07) is 4.67. The van der Waals surface area contributed by atoms with Gasteiger partial charge in [-0.3, -0.25) is 0 Å². The Morgan fingerprint density at radius 3 is 1.93 bits per heavy atom. The number of halogens is 6. The summed E-state index contributed by atoms with van der Waals surface area (Å²) in [5.41, 5.74) is 0.286. The van der Waals surface area contributed by atoms with Gasteiger partial charge in [-0.25, -0.2) is 0 Å². The molecule has 1 aromatic carbocycles. The molecule has 0 radical (unpaired) electrons. The molecule has 2 nitrogen and oxygen atoms in total. The molecule has 0 saturated heterocycles. The van der Waals surface area contributed by atoms with Gasteiger partial charge in [0.2, 0.25) is 5.39 Å². The van der Waals surface area contributed by atoms with E-state index >= 15 is 0 Å². The van der Waals surface area contributed by atoms with E-state index in [0.717, 1.165) is 0 Å². The van der Waals surface area contributed by atoms with E-state index in [1.807, 2.05) is 0 Å². The van der Waals surface area contributed by atoms with E-state index in [9.17, 15) is 17.3 Å². The largest absolute Gasteiger partial charge is 0.673 e. The van der Waals surface area contributed by atoms with Crippen LogP contribution in [-0.2, 0) is 0 Å². The number of hydrogen-bond acceptors (Lipinski definition) is 1. The van der Waals surface area contributed by atoms with Crippen LogP contribution in [0.3, 0.4) is 0 Å². The molecule has 0 aliphatic carbocycles. The third kappa shape index (κ3) is 8.03. The predicted molar refractivity (Wildman–Crippen MR) is 51.4 cm³/mol. The minimum absolute atomic E-state index is 0.286. The Morgan fingerprint density at radius 1 is 1.13 bits per heavy atom. The van der Waals surface area contributed by atoms with Crippen molar-refractivity contribution in [2.24, 2.45) is 0 Å². The molecule has 9 heteroatoms. The molecule has 0 aromatic heterocycles. The zero-order valence-corrected chi connectivity index (χ0v) is 8.48. The highest BCUT2D eigenvalue weighted by atomic mass is 35.5. The van der Waals surface area contributed by atoms with Gasteiger partial charge in [-0.1, -0.05) is 23.2 Å². The lowest BCUT2D eigenvalue weighted by molar-refractivity contribution is 0.368. The third-order valence-electron chi connectivity index (χ3n) is 1.02. The molecule has 1 aromatic rings. The molecule has 0 aliphatic heterocycles. The van der Waals surface area contributed by atoms with Crippen LogP contribution in [0.5, 0.6) is 0 Å². The second-order valence-corrected chi connectivity index (χ2v) is 3.03. The summed E-state index contributed by atoms with van der Waals surface area (Å²) >= 11 is 11.1. The molecule has 0 atom stereocenters. The summed E-state index contributed by atoms with van der Waals surface area (Å²) < 4.78 is 39.0. The Morgan fingerprint density at radius 2 is 1.60 bits per heavy atom. The van der Waals surface area contributed by atoms with E-state index in [2.05, 4.69) is 4.98 Å². The molecule has 0 N–H and O–H groups in total. The molecule has 0 unspecified atom stereocenters. The molecular formula is C6H3BCl2F4N2. The quantitative estimate of drug-likeness (QED) is 0.375. The summed E-state index contributed by atoms with van der Waals surface area (Å²) in [6.07, 6.45) is 0. The Hall–Kier alpha value is -0.995. The van der Waals surface area contributed by atoms with Gasteiger partial charge < -0.3 is 17.3 Å². The highest BCUT2D eigenvalue weighted by Gasteiger charge is 2.20. The van der Waals surface area contributed by atoms with Crippen LogP contribution < -0.4 is 0 Å². The molecule has 0 amide bonds. The van der Waals surface area contributed by atoms with Crippen molar-refractivity contribution in [1.29, 1.82) is 5.39 Å². The maximum Gasteiger partial charge on any atom is 0.673 e. The minimum Gasteiger partial charge on any atom is -0.418 e. The summed E-state index contributed by atoms with van der Waals surface area (Å²) in [6.45, 7) is 0. The van der Waals surface area contributed by atoms with Crippen LogP contribution in [0.2, 0.25) is 10.0 Å². The summed E-state index contributed by atoms with van der Waals surface area (Å²) in [5, 5.41) is 9.20. The average Bonchev–Trinajstić information content (AvgIpc) is 2.06. The molecule has 0 saturated carbocycles. The fourth-order valence-corrected chi connectivity index (χ4v) is 0.884. The lowest BCUT2D eigenvalue weighted by atomic mass is 10.3. The molecule has 15 heavy (non-hydrogen) atoms. The van der Waals surface area contributed by atoms with Crippen LogP contribution in [0.25, 0.3) is 4.98 Å². The molecular weight excluding hydrogens is 258 g/mol. The molecule has 0 fully saturated rings. The van der Waals surface area contributed by atoms with Gasteiger partial charge in [-0.2, -0.15) is 0 Å². The second-order valence-electron chi connectivity index (χ2n) is 2.19. The van der Waals surface area contributed by atoms with Crippen LogP contribution in [0.1, 0.15) is 0 Å². The van der Waals surface area contributed by atoms with Crippen molar-refractivity contribution >= 4 is 36.1 Å². The van der Waals surface area contributed by atoms with Gasteiger partial charge in [0.1, 0.15) is 5.02 Å². The van der Waals surface area contributed by atoms with Gasteiger partial charge in [-0.05, 0) is 12.1 Å². The molecule has 82 valence electrons. The van der Waals surface area contributed by atoms with Crippen molar-refractivity contribution in [3.63, 3.8) is 0 Å². The van der Waals surface area contributed by atoms with Gasteiger partial charge in [-0.15, -0.1) is 0 Å². The number of hydrogen-bond donors (Lipinski definition) is 0. The Labute approximate surface area is 92.5 Å². The zero-order valence-electron chi connectivity index (χ0n) is 6.97. The van der Waals surface area contributed by atoms with Crippen molar-refractivity contribution in [2.75, 3.05) is 0 Å². The standard InChI is InChI=1S/C6H3Cl2N2.BF4/c7-4-1-2-5(8)6(3-4)10-9;2-1(3,4)5/h1-3H;/q+1;-1. The zero-order chi connectivity index (χ0) is 12.1. The first kappa shape index (κ1) is 14.0. The van der Waals surface area contributed by atoms with E-state index < -0.39 is 7.25 Å². The van der Waals surface area contributed by atoms with Gasteiger partial charge in [0.25, 0.3) is 0 Å². The van der Waals surface area contributed by atoms with Gasteiger partial charge >= 0.3 is 12.9 Å². The van der Waals surface area contributed by atoms with Crippen molar-refractivity contribution < 1.29 is 17.3 Å². The fraction of sp³-hybridized carbons (Fsp3) is 0. The molecule has 0 bridgehead atoms. The molecule has 1 rings (SSSR count). The van der Waals surface area contributed by atoms with Gasteiger partial charge in [0.05, 0.1) is 6.07 Å². The van der Waals surface area contributed by atoms with Crippen molar-refractivity contribution in [3.8, 4) is 0 Å². The van der Waals surface area contributed by atoms with E-state index in [1.54, 1.807) is 12.1 Å².